The summed E-state index contributed by atoms with van der Waals surface area (Å²) in [7, 11) is 0. The highest BCUT2D eigenvalue weighted by molar-refractivity contribution is 5.84. The zero-order chi connectivity index (χ0) is 22.2. The zero-order valence-corrected chi connectivity index (χ0v) is 17.9. The first kappa shape index (κ1) is 20.1. The Hall–Kier alpha value is -3.87. The molecule has 1 saturated heterocycles. The van der Waals surface area contributed by atoms with Gasteiger partial charge in [-0.15, -0.1) is 0 Å². The molecule has 32 heavy (non-hydrogen) atoms. The van der Waals surface area contributed by atoms with E-state index in [1.54, 1.807) is 30.5 Å². The predicted molar refractivity (Wildman–Crippen MR) is 124 cm³/mol. The van der Waals surface area contributed by atoms with E-state index in [1.165, 1.54) is 12.1 Å². The van der Waals surface area contributed by atoms with Crippen molar-refractivity contribution in [2.24, 2.45) is 0 Å². The molecular formula is C25H24FN5O. The maximum absolute atomic E-state index is 13.6. The summed E-state index contributed by atoms with van der Waals surface area (Å²) in [4.78, 5) is 14.2. The Morgan fingerprint density at radius 2 is 1.62 bits per heavy atom. The highest BCUT2D eigenvalue weighted by Crippen LogP contribution is 2.35. The Balaban J connectivity index is 1.66. The molecule has 0 amide bonds. The molecule has 6 nitrogen and oxygen atoms in total. The lowest BCUT2D eigenvalue weighted by Gasteiger charge is -2.36. The lowest BCUT2D eigenvalue weighted by molar-refractivity contribution is 0.322. The molecule has 1 N–H and O–H groups in total. The number of anilines is 1. The molecule has 4 aromatic rings. The van der Waals surface area contributed by atoms with Crippen LogP contribution in [0.5, 0.6) is 5.75 Å². The van der Waals surface area contributed by atoms with E-state index >= 15 is 0 Å². The third-order valence-corrected chi connectivity index (χ3v) is 5.90. The number of hydrogen-bond acceptors (Lipinski definition) is 5. The molecule has 0 unspecified atom stereocenters. The molecule has 0 bridgehead atoms. The standard InChI is InChI=1S/C25H24FN5O/c1-17(2)29-13-15-30(16-14-29)24-25-28-22(18-3-7-20(26)8-4-18)23(31(25)12-11-27-24)19-5-9-21(32)10-6-19/h3-12,32H,1,13-16H2,2H3. The highest BCUT2D eigenvalue weighted by Gasteiger charge is 2.24. The van der Waals surface area contributed by atoms with Crippen molar-refractivity contribution in [3.8, 4) is 28.3 Å². The zero-order valence-electron chi connectivity index (χ0n) is 17.9. The van der Waals surface area contributed by atoms with Gasteiger partial charge in [0.05, 0.1) is 11.4 Å². The smallest absolute Gasteiger partial charge is 0.181 e. The van der Waals surface area contributed by atoms with E-state index < -0.39 is 0 Å². The van der Waals surface area contributed by atoms with Crippen molar-refractivity contribution >= 4 is 11.5 Å². The van der Waals surface area contributed by atoms with E-state index in [-0.39, 0.29) is 11.6 Å². The fourth-order valence-electron chi connectivity index (χ4n) is 4.19. The second-order valence-corrected chi connectivity index (χ2v) is 8.02. The van der Waals surface area contributed by atoms with Crippen LogP contribution in [0.2, 0.25) is 0 Å². The second kappa shape index (κ2) is 8.00. The number of benzene rings is 2. The molecule has 1 aliphatic heterocycles. The lowest BCUT2D eigenvalue weighted by Crippen LogP contribution is -2.45. The number of halogens is 1. The highest BCUT2D eigenvalue weighted by atomic mass is 19.1. The number of phenols is 1. The summed E-state index contributed by atoms with van der Waals surface area (Å²) >= 11 is 0. The van der Waals surface area contributed by atoms with Crippen molar-refractivity contribution in [3.05, 3.63) is 79.0 Å². The van der Waals surface area contributed by atoms with Gasteiger partial charge in [0.15, 0.2) is 11.5 Å². The maximum atomic E-state index is 13.6. The molecule has 0 atom stereocenters. The van der Waals surface area contributed by atoms with Gasteiger partial charge in [-0.25, -0.2) is 14.4 Å². The molecule has 0 saturated carbocycles. The van der Waals surface area contributed by atoms with Gasteiger partial charge in [-0.05, 0) is 55.5 Å². The predicted octanol–water partition coefficient (Wildman–Crippen LogP) is 4.56. The fraction of sp³-hybridized carbons (Fsp3) is 0.200. The molecule has 5 rings (SSSR count). The number of aromatic nitrogens is 3. The molecule has 0 radical (unpaired) electrons. The van der Waals surface area contributed by atoms with Crippen LogP contribution in [0.15, 0.2) is 73.2 Å². The van der Waals surface area contributed by atoms with Crippen LogP contribution in [0.3, 0.4) is 0 Å². The summed E-state index contributed by atoms with van der Waals surface area (Å²) < 4.78 is 15.6. The minimum atomic E-state index is -0.290. The Labute approximate surface area is 185 Å². The van der Waals surface area contributed by atoms with E-state index in [2.05, 4.69) is 21.4 Å². The SMILES string of the molecule is C=C(C)N1CCN(c2nccn3c(-c4ccc(O)cc4)c(-c4ccc(F)cc4)nc23)CC1. The van der Waals surface area contributed by atoms with Crippen molar-refractivity contribution in [2.45, 2.75) is 6.92 Å². The minimum absolute atomic E-state index is 0.198. The monoisotopic (exact) mass is 429 g/mol. The molecule has 0 aliphatic carbocycles. The second-order valence-electron chi connectivity index (χ2n) is 8.02. The molecule has 7 heteroatoms. The van der Waals surface area contributed by atoms with Crippen LogP contribution < -0.4 is 4.90 Å². The van der Waals surface area contributed by atoms with Gasteiger partial charge in [0.2, 0.25) is 0 Å². The normalized spacial score (nSPS) is 14.2. The topological polar surface area (TPSA) is 56.9 Å². The summed E-state index contributed by atoms with van der Waals surface area (Å²) in [5.74, 6) is 0.729. The molecule has 162 valence electrons. The Morgan fingerprint density at radius 3 is 2.28 bits per heavy atom. The number of nitrogens with zero attached hydrogens (tertiary/aromatic N) is 5. The number of fused-ring (bicyclic) bond motifs is 1. The maximum Gasteiger partial charge on any atom is 0.181 e. The van der Waals surface area contributed by atoms with Crippen molar-refractivity contribution in [1.82, 2.24) is 19.3 Å². The quantitative estimate of drug-likeness (QED) is 0.515. The van der Waals surface area contributed by atoms with Crippen molar-refractivity contribution in [3.63, 3.8) is 0 Å². The van der Waals surface area contributed by atoms with E-state index in [4.69, 9.17) is 4.98 Å². The molecule has 2 aromatic carbocycles. The van der Waals surface area contributed by atoms with Gasteiger partial charge in [-0.2, -0.15) is 0 Å². The third kappa shape index (κ3) is 3.56. The third-order valence-electron chi connectivity index (χ3n) is 5.90. The Kier molecular flexibility index (Phi) is 5.01. The number of hydrogen-bond donors (Lipinski definition) is 1. The van der Waals surface area contributed by atoms with Gasteiger partial charge in [0.25, 0.3) is 0 Å². The van der Waals surface area contributed by atoms with Crippen LogP contribution in [0.4, 0.5) is 10.2 Å². The molecule has 1 aliphatic rings. The number of imidazole rings is 1. The first-order chi connectivity index (χ1) is 15.5. The van der Waals surface area contributed by atoms with E-state index in [9.17, 15) is 9.50 Å². The summed E-state index contributed by atoms with van der Waals surface area (Å²) in [6.45, 7) is 9.50. The van der Waals surface area contributed by atoms with Crippen LogP contribution in [0.25, 0.3) is 28.2 Å². The number of phenolic OH excluding ortho intramolecular Hbond substituents is 1. The van der Waals surface area contributed by atoms with Gasteiger partial charge >= 0.3 is 0 Å². The number of piperazine rings is 1. The summed E-state index contributed by atoms with van der Waals surface area (Å²) in [5, 5.41) is 9.77. The van der Waals surface area contributed by atoms with Gasteiger partial charge in [0.1, 0.15) is 11.6 Å². The summed E-state index contributed by atoms with van der Waals surface area (Å²) in [6, 6.07) is 13.4. The van der Waals surface area contributed by atoms with E-state index in [0.717, 1.165) is 65.9 Å². The Bertz CT molecular complexity index is 1270. The van der Waals surface area contributed by atoms with Crippen LogP contribution in [-0.4, -0.2) is 50.6 Å². The van der Waals surface area contributed by atoms with Crippen molar-refractivity contribution in [2.75, 3.05) is 31.1 Å². The van der Waals surface area contributed by atoms with Gasteiger partial charge in [-0.1, -0.05) is 6.58 Å². The first-order valence-corrected chi connectivity index (χ1v) is 10.6. The molecule has 3 heterocycles. The summed E-state index contributed by atoms with van der Waals surface area (Å²) in [6.07, 6.45) is 3.68. The van der Waals surface area contributed by atoms with Crippen LogP contribution >= 0.6 is 0 Å². The molecule has 2 aromatic heterocycles. The fourth-order valence-corrected chi connectivity index (χ4v) is 4.19. The first-order valence-electron chi connectivity index (χ1n) is 10.6. The van der Waals surface area contributed by atoms with Gasteiger partial charge in [-0.3, -0.25) is 4.40 Å². The molecule has 0 spiro atoms. The lowest BCUT2D eigenvalue weighted by atomic mass is 10.0. The van der Waals surface area contributed by atoms with Crippen LogP contribution in [0.1, 0.15) is 6.92 Å². The largest absolute Gasteiger partial charge is 0.508 e. The van der Waals surface area contributed by atoms with Crippen LogP contribution in [-0.2, 0) is 0 Å². The van der Waals surface area contributed by atoms with E-state index in [0.29, 0.717) is 0 Å². The van der Waals surface area contributed by atoms with E-state index in [1.807, 2.05) is 29.7 Å². The van der Waals surface area contributed by atoms with Crippen molar-refractivity contribution < 1.29 is 9.50 Å². The van der Waals surface area contributed by atoms with Crippen LogP contribution in [0, 0.1) is 5.82 Å². The minimum Gasteiger partial charge on any atom is -0.508 e. The molecule has 1 fully saturated rings. The number of rotatable bonds is 4. The average Bonchev–Trinajstić information content (AvgIpc) is 3.20. The number of allylic oxidation sites excluding steroid dienone is 1. The Morgan fingerprint density at radius 1 is 0.969 bits per heavy atom. The average molecular weight is 429 g/mol. The number of aromatic hydroxyl groups is 1. The van der Waals surface area contributed by atoms with Gasteiger partial charge in [0, 0.05) is 55.4 Å². The van der Waals surface area contributed by atoms with Crippen molar-refractivity contribution in [1.29, 1.82) is 0 Å². The van der Waals surface area contributed by atoms with Gasteiger partial charge < -0.3 is 14.9 Å². The molecular weight excluding hydrogens is 405 g/mol. The summed E-state index contributed by atoms with van der Waals surface area (Å²) in [5.41, 5.74) is 5.15.